The summed E-state index contributed by atoms with van der Waals surface area (Å²) in [5, 5.41) is 0. The summed E-state index contributed by atoms with van der Waals surface area (Å²) >= 11 is 0. The average molecular weight is 202 g/mol. The number of aromatic amines is 1. The third kappa shape index (κ3) is 1.86. The molecule has 2 aromatic rings. The maximum Gasteiger partial charge on any atom is 0.121 e. The molecular formula is C12H14N2O. The number of aromatic nitrogens is 2. The van der Waals surface area contributed by atoms with Crippen molar-refractivity contribution in [3.05, 3.63) is 35.8 Å². The predicted octanol–water partition coefficient (Wildman–Crippen LogP) is 2.70. The summed E-state index contributed by atoms with van der Waals surface area (Å²) in [6, 6.07) is 6.09. The zero-order valence-corrected chi connectivity index (χ0v) is 9.16. The Kier molecular flexibility index (Phi) is 2.46. The van der Waals surface area contributed by atoms with Crippen LogP contribution in [0.4, 0.5) is 0 Å². The zero-order valence-electron chi connectivity index (χ0n) is 9.16. The van der Waals surface area contributed by atoms with Gasteiger partial charge in [0.15, 0.2) is 0 Å². The normalized spacial score (nSPS) is 10.3. The van der Waals surface area contributed by atoms with Gasteiger partial charge in [0.1, 0.15) is 11.6 Å². The van der Waals surface area contributed by atoms with E-state index in [1.54, 1.807) is 7.11 Å². The van der Waals surface area contributed by atoms with Gasteiger partial charge in [-0.2, -0.15) is 0 Å². The van der Waals surface area contributed by atoms with Crippen LogP contribution in [0.2, 0.25) is 0 Å². The third-order valence-corrected chi connectivity index (χ3v) is 2.41. The first-order valence-electron chi connectivity index (χ1n) is 4.87. The van der Waals surface area contributed by atoms with Gasteiger partial charge in [-0.1, -0.05) is 0 Å². The second-order valence-electron chi connectivity index (χ2n) is 3.57. The minimum absolute atomic E-state index is 0.912. The number of benzene rings is 1. The Bertz CT molecular complexity index is 474. The molecule has 2 rings (SSSR count). The van der Waals surface area contributed by atoms with Crippen LogP contribution in [0.15, 0.2) is 24.4 Å². The number of rotatable bonds is 2. The number of hydrogen-bond acceptors (Lipinski definition) is 2. The van der Waals surface area contributed by atoms with Gasteiger partial charge in [-0.25, -0.2) is 4.98 Å². The van der Waals surface area contributed by atoms with Crippen LogP contribution in [-0.2, 0) is 0 Å². The molecule has 78 valence electrons. The van der Waals surface area contributed by atoms with E-state index in [2.05, 4.69) is 16.0 Å². The second kappa shape index (κ2) is 3.77. The number of ether oxygens (including phenoxy) is 1. The van der Waals surface area contributed by atoms with Crippen molar-refractivity contribution in [3.8, 4) is 17.0 Å². The molecule has 0 saturated carbocycles. The lowest BCUT2D eigenvalue weighted by atomic mass is 10.1. The maximum absolute atomic E-state index is 5.22. The van der Waals surface area contributed by atoms with E-state index in [1.807, 2.05) is 32.2 Å². The van der Waals surface area contributed by atoms with Crippen molar-refractivity contribution in [2.24, 2.45) is 0 Å². The molecule has 3 heteroatoms. The number of aryl methyl sites for hydroxylation is 2. The molecule has 0 aliphatic rings. The summed E-state index contributed by atoms with van der Waals surface area (Å²) < 4.78 is 5.22. The smallest absolute Gasteiger partial charge is 0.121 e. The first kappa shape index (κ1) is 9.77. The molecule has 1 heterocycles. The fourth-order valence-electron chi connectivity index (χ4n) is 1.61. The Hall–Kier alpha value is -1.77. The van der Waals surface area contributed by atoms with Gasteiger partial charge in [0.25, 0.3) is 0 Å². The van der Waals surface area contributed by atoms with Crippen LogP contribution < -0.4 is 4.74 Å². The van der Waals surface area contributed by atoms with Gasteiger partial charge in [-0.05, 0) is 37.6 Å². The lowest BCUT2D eigenvalue weighted by Gasteiger charge is -2.05. The summed E-state index contributed by atoms with van der Waals surface area (Å²) in [6.07, 6.45) is 1.84. The molecule has 0 bridgehead atoms. The van der Waals surface area contributed by atoms with E-state index in [4.69, 9.17) is 4.74 Å². The van der Waals surface area contributed by atoms with E-state index < -0.39 is 0 Å². The third-order valence-electron chi connectivity index (χ3n) is 2.41. The highest BCUT2D eigenvalue weighted by Gasteiger charge is 2.03. The summed E-state index contributed by atoms with van der Waals surface area (Å²) in [6.45, 7) is 3.98. The highest BCUT2D eigenvalue weighted by molar-refractivity contribution is 5.61. The van der Waals surface area contributed by atoms with Crippen molar-refractivity contribution in [2.45, 2.75) is 13.8 Å². The summed E-state index contributed by atoms with van der Waals surface area (Å²) in [5.74, 6) is 1.84. The lowest BCUT2D eigenvalue weighted by molar-refractivity contribution is 0.412. The Balaban J connectivity index is 2.42. The Labute approximate surface area is 89.1 Å². The minimum atomic E-state index is 0.912. The van der Waals surface area contributed by atoms with E-state index in [-0.39, 0.29) is 0 Å². The van der Waals surface area contributed by atoms with Crippen LogP contribution >= 0.6 is 0 Å². The molecule has 1 aromatic heterocycles. The number of hydrogen-bond donors (Lipinski definition) is 1. The first-order chi connectivity index (χ1) is 7.20. The van der Waals surface area contributed by atoms with Crippen molar-refractivity contribution < 1.29 is 4.74 Å². The summed E-state index contributed by atoms with van der Waals surface area (Å²) in [4.78, 5) is 7.38. The van der Waals surface area contributed by atoms with Crippen LogP contribution in [0, 0.1) is 13.8 Å². The molecule has 1 N–H and O–H groups in total. The molecule has 1 aromatic carbocycles. The lowest BCUT2D eigenvalue weighted by Crippen LogP contribution is -1.87. The van der Waals surface area contributed by atoms with E-state index in [9.17, 15) is 0 Å². The van der Waals surface area contributed by atoms with Crippen molar-refractivity contribution in [3.63, 3.8) is 0 Å². The number of methoxy groups -OCH3 is 1. The molecule has 0 atom stereocenters. The zero-order chi connectivity index (χ0) is 10.8. The van der Waals surface area contributed by atoms with Gasteiger partial charge in [0.2, 0.25) is 0 Å². The average Bonchev–Trinajstić information content (AvgIpc) is 2.65. The van der Waals surface area contributed by atoms with E-state index >= 15 is 0 Å². The molecule has 0 radical (unpaired) electrons. The standard InChI is InChI=1S/C12H14N2O/c1-8-6-10(4-5-12(8)15-3)11-7-13-9(2)14-11/h4-7H,1-3H3,(H,13,14). The van der Waals surface area contributed by atoms with E-state index in [0.717, 1.165) is 28.4 Å². The molecule has 0 unspecified atom stereocenters. The molecule has 0 aliphatic heterocycles. The monoisotopic (exact) mass is 202 g/mol. The van der Waals surface area contributed by atoms with Gasteiger partial charge in [0.05, 0.1) is 19.0 Å². The maximum atomic E-state index is 5.22. The fourth-order valence-corrected chi connectivity index (χ4v) is 1.61. The summed E-state index contributed by atoms with van der Waals surface area (Å²) in [7, 11) is 1.68. The molecule has 3 nitrogen and oxygen atoms in total. The fraction of sp³-hybridized carbons (Fsp3) is 0.250. The predicted molar refractivity (Wildman–Crippen MR) is 60.0 cm³/mol. The SMILES string of the molecule is COc1ccc(-c2cnc(C)[nH]2)cc1C. The van der Waals surface area contributed by atoms with Crippen LogP contribution in [0.5, 0.6) is 5.75 Å². The highest BCUT2D eigenvalue weighted by atomic mass is 16.5. The topological polar surface area (TPSA) is 37.9 Å². The van der Waals surface area contributed by atoms with Gasteiger partial charge < -0.3 is 9.72 Å². The van der Waals surface area contributed by atoms with Gasteiger partial charge in [0, 0.05) is 5.56 Å². The van der Waals surface area contributed by atoms with Gasteiger partial charge >= 0.3 is 0 Å². The van der Waals surface area contributed by atoms with Crippen molar-refractivity contribution >= 4 is 0 Å². The van der Waals surface area contributed by atoms with Crippen molar-refractivity contribution in [2.75, 3.05) is 7.11 Å². The molecule has 15 heavy (non-hydrogen) atoms. The molecular weight excluding hydrogens is 188 g/mol. The number of nitrogens with one attached hydrogen (secondary N) is 1. The van der Waals surface area contributed by atoms with Crippen molar-refractivity contribution in [1.82, 2.24) is 9.97 Å². The molecule has 0 saturated heterocycles. The van der Waals surface area contributed by atoms with Crippen LogP contribution in [0.3, 0.4) is 0 Å². The molecule has 0 amide bonds. The van der Waals surface area contributed by atoms with E-state index in [0.29, 0.717) is 0 Å². The summed E-state index contributed by atoms with van der Waals surface area (Å²) in [5.41, 5.74) is 3.30. The second-order valence-corrected chi connectivity index (χ2v) is 3.57. The van der Waals surface area contributed by atoms with Crippen LogP contribution in [0.25, 0.3) is 11.3 Å². The minimum Gasteiger partial charge on any atom is -0.496 e. The van der Waals surface area contributed by atoms with E-state index in [1.165, 1.54) is 0 Å². The number of nitrogens with zero attached hydrogens (tertiary/aromatic N) is 1. The van der Waals surface area contributed by atoms with Crippen molar-refractivity contribution in [1.29, 1.82) is 0 Å². The Morgan fingerprint density at radius 1 is 1.27 bits per heavy atom. The molecule has 0 spiro atoms. The quantitative estimate of drug-likeness (QED) is 0.813. The van der Waals surface area contributed by atoms with Crippen LogP contribution in [-0.4, -0.2) is 17.1 Å². The highest BCUT2D eigenvalue weighted by Crippen LogP contribution is 2.24. The number of imidazole rings is 1. The largest absolute Gasteiger partial charge is 0.496 e. The molecule has 0 aliphatic carbocycles. The van der Waals surface area contributed by atoms with Gasteiger partial charge in [-0.15, -0.1) is 0 Å². The van der Waals surface area contributed by atoms with Gasteiger partial charge in [-0.3, -0.25) is 0 Å². The molecule has 0 fully saturated rings. The first-order valence-corrected chi connectivity index (χ1v) is 4.87. The van der Waals surface area contributed by atoms with Crippen LogP contribution in [0.1, 0.15) is 11.4 Å². The Morgan fingerprint density at radius 3 is 2.60 bits per heavy atom. The Morgan fingerprint density at radius 2 is 2.07 bits per heavy atom. The number of H-pyrrole nitrogens is 1.